The second kappa shape index (κ2) is 7.43. The van der Waals surface area contributed by atoms with E-state index in [2.05, 4.69) is 37.3 Å². The number of rotatable bonds is 3. The molecule has 0 fully saturated rings. The summed E-state index contributed by atoms with van der Waals surface area (Å²) in [5, 5.41) is 3.40. The summed E-state index contributed by atoms with van der Waals surface area (Å²) >= 11 is 0. The van der Waals surface area contributed by atoms with Crippen LogP contribution in [0.15, 0.2) is 54.6 Å². The van der Waals surface area contributed by atoms with Crippen LogP contribution in [-0.4, -0.2) is 18.2 Å². The van der Waals surface area contributed by atoms with Crippen molar-refractivity contribution < 1.29 is 17.4 Å². The lowest BCUT2D eigenvalue weighted by molar-refractivity contribution is 0.459. The fraction of sp³-hybridized carbons (Fsp3) is 0.231. The maximum absolute atomic E-state index is 13.5. The Morgan fingerprint density at radius 3 is 2.42 bits per heavy atom. The highest BCUT2D eigenvalue weighted by molar-refractivity contribution is 7.86. The topological polar surface area (TPSA) is 54.4 Å². The molecule has 3 unspecified atom stereocenters. The van der Waals surface area contributed by atoms with E-state index in [1.54, 1.807) is 12.1 Å². The number of fused-ring (bicyclic) bond motifs is 5. The third-order valence-electron chi connectivity index (χ3n) is 6.60. The first-order valence-corrected chi connectivity index (χ1v) is 12.0. The van der Waals surface area contributed by atoms with Crippen molar-refractivity contribution in [3.8, 4) is 0 Å². The zero-order chi connectivity index (χ0) is 21.8. The first-order valence-electron chi connectivity index (χ1n) is 10.5. The van der Waals surface area contributed by atoms with Crippen LogP contribution in [0.2, 0.25) is 0 Å². The first-order chi connectivity index (χ1) is 14.9. The number of halogens is 1. The van der Waals surface area contributed by atoms with E-state index >= 15 is 0 Å². The minimum atomic E-state index is -4.29. The Kier molecular flexibility index (Phi) is 4.83. The van der Waals surface area contributed by atoms with Crippen LogP contribution in [-0.2, 0) is 10.1 Å². The van der Waals surface area contributed by atoms with Crippen LogP contribution in [0.5, 0.6) is 0 Å². The summed E-state index contributed by atoms with van der Waals surface area (Å²) in [6.45, 7) is 2.17. The summed E-state index contributed by atoms with van der Waals surface area (Å²) < 4.78 is 47.9. The van der Waals surface area contributed by atoms with Crippen LogP contribution in [0, 0.1) is 11.7 Å². The SMILES string of the molecule is CCC1C=Cc2ccc3c4c(ccc3c2=C1)C(c1ccc(F)cc1)C(S(=O)(=O)O)CC=4. The molecule has 0 aliphatic heterocycles. The molecule has 158 valence electrons. The second-order valence-corrected chi connectivity index (χ2v) is 9.99. The van der Waals surface area contributed by atoms with Gasteiger partial charge in [-0.1, -0.05) is 67.6 Å². The monoisotopic (exact) mass is 434 g/mol. The maximum atomic E-state index is 13.5. The van der Waals surface area contributed by atoms with Gasteiger partial charge in [-0.05, 0) is 68.8 Å². The minimum Gasteiger partial charge on any atom is -0.285 e. The molecule has 0 amide bonds. The minimum absolute atomic E-state index is 0.200. The van der Waals surface area contributed by atoms with E-state index in [-0.39, 0.29) is 12.2 Å². The van der Waals surface area contributed by atoms with E-state index < -0.39 is 21.3 Å². The highest BCUT2D eigenvalue weighted by Crippen LogP contribution is 2.35. The van der Waals surface area contributed by atoms with Gasteiger partial charge in [0.15, 0.2) is 0 Å². The Hall–Kier alpha value is -2.76. The van der Waals surface area contributed by atoms with Crippen molar-refractivity contribution >= 4 is 39.1 Å². The van der Waals surface area contributed by atoms with Gasteiger partial charge in [-0.3, -0.25) is 4.55 Å². The molecule has 3 atom stereocenters. The van der Waals surface area contributed by atoms with E-state index in [9.17, 15) is 17.4 Å². The molecule has 0 spiro atoms. The van der Waals surface area contributed by atoms with Crippen LogP contribution < -0.4 is 10.4 Å². The van der Waals surface area contributed by atoms with E-state index in [1.165, 1.54) is 22.9 Å². The smallest absolute Gasteiger partial charge is 0.269 e. The van der Waals surface area contributed by atoms with Crippen molar-refractivity contribution in [3.63, 3.8) is 0 Å². The average Bonchev–Trinajstić information content (AvgIpc) is 2.77. The molecule has 2 aliphatic carbocycles. The fourth-order valence-corrected chi connectivity index (χ4v) is 5.98. The Bertz CT molecular complexity index is 1440. The van der Waals surface area contributed by atoms with E-state index in [0.717, 1.165) is 28.0 Å². The molecule has 1 N–H and O–H groups in total. The molecule has 0 aromatic heterocycles. The third kappa shape index (κ3) is 3.42. The first kappa shape index (κ1) is 20.2. The summed E-state index contributed by atoms with van der Waals surface area (Å²) in [6.07, 6.45) is 9.84. The van der Waals surface area contributed by atoms with Gasteiger partial charge in [0.2, 0.25) is 0 Å². The molecule has 3 aromatic rings. The van der Waals surface area contributed by atoms with E-state index in [0.29, 0.717) is 11.5 Å². The number of benzene rings is 3. The van der Waals surface area contributed by atoms with Gasteiger partial charge in [0, 0.05) is 5.92 Å². The molecule has 3 nitrogen and oxygen atoms in total. The summed E-state index contributed by atoms with van der Waals surface area (Å²) in [5.74, 6) is -0.550. The number of hydrogen-bond donors (Lipinski definition) is 1. The lowest BCUT2D eigenvalue weighted by atomic mass is 9.80. The van der Waals surface area contributed by atoms with Crippen LogP contribution in [0.25, 0.3) is 29.0 Å². The van der Waals surface area contributed by atoms with E-state index in [4.69, 9.17) is 0 Å². The van der Waals surface area contributed by atoms with Crippen molar-refractivity contribution in [1.29, 1.82) is 0 Å². The normalized spacial score (nSPS) is 22.4. The molecular weight excluding hydrogens is 411 g/mol. The second-order valence-electron chi connectivity index (χ2n) is 8.35. The predicted molar refractivity (Wildman–Crippen MR) is 123 cm³/mol. The average molecular weight is 435 g/mol. The molecule has 5 heteroatoms. The van der Waals surface area contributed by atoms with Crippen molar-refractivity contribution in [2.45, 2.75) is 30.9 Å². The molecule has 5 rings (SSSR count). The summed E-state index contributed by atoms with van der Waals surface area (Å²) in [4.78, 5) is 0. The van der Waals surface area contributed by atoms with E-state index in [1.807, 2.05) is 18.2 Å². The Labute approximate surface area is 181 Å². The summed E-state index contributed by atoms with van der Waals surface area (Å²) in [7, 11) is -4.29. The van der Waals surface area contributed by atoms with Gasteiger partial charge >= 0.3 is 0 Å². The molecule has 3 aromatic carbocycles. The zero-order valence-electron chi connectivity index (χ0n) is 17.1. The van der Waals surface area contributed by atoms with Crippen molar-refractivity contribution in [2.24, 2.45) is 5.92 Å². The maximum Gasteiger partial charge on any atom is 0.269 e. The van der Waals surface area contributed by atoms with Crippen molar-refractivity contribution in [2.75, 3.05) is 0 Å². The molecule has 0 bridgehead atoms. The quantitative estimate of drug-likeness (QED) is 0.623. The van der Waals surface area contributed by atoms with Crippen molar-refractivity contribution in [1.82, 2.24) is 0 Å². The third-order valence-corrected chi connectivity index (χ3v) is 7.83. The lowest BCUT2D eigenvalue weighted by Gasteiger charge is -2.29. The van der Waals surface area contributed by atoms with Crippen LogP contribution in [0.4, 0.5) is 4.39 Å². The number of allylic oxidation sites excluding steroid dienone is 1. The Morgan fingerprint density at radius 2 is 1.71 bits per heavy atom. The van der Waals surface area contributed by atoms with Gasteiger partial charge in [0.1, 0.15) is 11.1 Å². The predicted octanol–water partition coefficient (Wildman–Crippen LogP) is 4.38. The fourth-order valence-electron chi connectivity index (χ4n) is 5.00. The van der Waals surface area contributed by atoms with Gasteiger partial charge < -0.3 is 0 Å². The van der Waals surface area contributed by atoms with Gasteiger partial charge in [-0.2, -0.15) is 8.42 Å². The summed E-state index contributed by atoms with van der Waals surface area (Å²) in [5.41, 5.74) is 2.70. The molecule has 0 saturated carbocycles. The zero-order valence-corrected chi connectivity index (χ0v) is 17.9. The number of hydrogen-bond acceptors (Lipinski definition) is 2. The molecule has 0 saturated heterocycles. The molecule has 2 aliphatic rings. The standard InChI is InChI=1S/C26H23FO3S/c1-2-16-3-4-17-7-10-20-21-13-14-25(31(28,29)30)26(18-5-8-19(27)9-6-18)23(21)12-11-22(20)24(17)15-16/h3-13,15-16,25-26H,2,14H2,1H3,(H,28,29,30). The Morgan fingerprint density at radius 1 is 1.00 bits per heavy atom. The summed E-state index contributed by atoms with van der Waals surface area (Å²) in [6, 6.07) is 14.1. The van der Waals surface area contributed by atoms with Crippen LogP contribution in [0.3, 0.4) is 0 Å². The molecule has 31 heavy (non-hydrogen) atoms. The van der Waals surface area contributed by atoms with Gasteiger partial charge in [-0.25, -0.2) is 4.39 Å². The van der Waals surface area contributed by atoms with Crippen molar-refractivity contribution in [3.05, 3.63) is 87.6 Å². The molecule has 0 heterocycles. The highest BCUT2D eigenvalue weighted by atomic mass is 32.2. The van der Waals surface area contributed by atoms with Crippen LogP contribution >= 0.6 is 0 Å². The van der Waals surface area contributed by atoms with Crippen LogP contribution in [0.1, 0.15) is 42.4 Å². The van der Waals surface area contributed by atoms with Gasteiger partial charge in [0.05, 0.1) is 0 Å². The highest BCUT2D eigenvalue weighted by Gasteiger charge is 2.36. The lowest BCUT2D eigenvalue weighted by Crippen LogP contribution is -2.35. The Balaban J connectivity index is 1.78. The van der Waals surface area contributed by atoms with Gasteiger partial charge in [0.25, 0.3) is 10.1 Å². The van der Waals surface area contributed by atoms with Gasteiger partial charge in [-0.15, -0.1) is 0 Å². The molecular formula is C26H23FO3S. The largest absolute Gasteiger partial charge is 0.285 e. The molecule has 0 radical (unpaired) electrons.